The lowest BCUT2D eigenvalue weighted by atomic mass is 10.1. The van der Waals surface area contributed by atoms with Gasteiger partial charge in [-0.2, -0.15) is 13.7 Å². The van der Waals surface area contributed by atoms with Crippen LogP contribution in [0.25, 0.3) is 0 Å². The highest BCUT2D eigenvalue weighted by Crippen LogP contribution is 2.30. The van der Waals surface area contributed by atoms with Crippen LogP contribution in [0.2, 0.25) is 0 Å². The van der Waals surface area contributed by atoms with Crippen molar-refractivity contribution in [2.24, 2.45) is 0 Å². The summed E-state index contributed by atoms with van der Waals surface area (Å²) in [5, 5.41) is 8.86. The quantitative estimate of drug-likeness (QED) is 0.759. The van der Waals surface area contributed by atoms with Crippen LogP contribution in [-0.2, 0) is 16.5 Å². The van der Waals surface area contributed by atoms with Gasteiger partial charge in [-0.15, -0.1) is 0 Å². The van der Waals surface area contributed by atoms with Crippen LogP contribution in [0.4, 0.5) is 0 Å². The van der Waals surface area contributed by atoms with Crippen LogP contribution < -0.4 is 8.92 Å². The van der Waals surface area contributed by atoms with Crippen molar-refractivity contribution in [3.05, 3.63) is 53.6 Å². The lowest BCUT2D eigenvalue weighted by molar-refractivity contribution is 0.390. The molecule has 5 nitrogen and oxygen atoms in total. The number of aryl methyl sites for hydroxylation is 1. The second kappa shape index (κ2) is 7.16. The van der Waals surface area contributed by atoms with Gasteiger partial charge in [-0.25, -0.2) is 0 Å². The average Bonchev–Trinajstić information content (AvgIpc) is 2.55. The van der Waals surface area contributed by atoms with E-state index in [4.69, 9.17) is 14.2 Å². The van der Waals surface area contributed by atoms with E-state index in [0.717, 1.165) is 18.4 Å². The maximum Gasteiger partial charge on any atom is 0.339 e. The van der Waals surface area contributed by atoms with E-state index < -0.39 is 10.1 Å². The van der Waals surface area contributed by atoms with Gasteiger partial charge in [0, 0.05) is 6.07 Å². The summed E-state index contributed by atoms with van der Waals surface area (Å²) in [5.41, 5.74) is 1.43. The molecule has 0 aliphatic heterocycles. The van der Waals surface area contributed by atoms with Gasteiger partial charge >= 0.3 is 10.1 Å². The van der Waals surface area contributed by atoms with Crippen LogP contribution in [0, 0.1) is 11.3 Å². The Morgan fingerprint density at radius 3 is 2.35 bits per heavy atom. The number of rotatable bonds is 6. The van der Waals surface area contributed by atoms with E-state index in [1.54, 1.807) is 12.1 Å². The molecule has 0 radical (unpaired) electrons. The van der Waals surface area contributed by atoms with E-state index in [1.165, 1.54) is 37.4 Å². The molecule has 2 aromatic rings. The first-order chi connectivity index (χ1) is 11.0. The molecule has 6 heteroatoms. The molecule has 23 heavy (non-hydrogen) atoms. The summed E-state index contributed by atoms with van der Waals surface area (Å²) in [6, 6.07) is 12.9. The maximum atomic E-state index is 12.4. The minimum absolute atomic E-state index is 0.0455. The third kappa shape index (κ3) is 4.02. The Hall–Kier alpha value is -2.52. The van der Waals surface area contributed by atoms with Crippen LogP contribution in [0.3, 0.4) is 0 Å². The number of methoxy groups -OCH3 is 1. The molecule has 0 heterocycles. The normalized spacial score (nSPS) is 10.8. The minimum Gasteiger partial charge on any atom is -0.493 e. The van der Waals surface area contributed by atoms with E-state index in [-0.39, 0.29) is 16.4 Å². The Bertz CT molecular complexity index is 821. The van der Waals surface area contributed by atoms with Crippen LogP contribution in [0.1, 0.15) is 24.5 Å². The van der Waals surface area contributed by atoms with Gasteiger partial charge in [0.1, 0.15) is 4.90 Å². The zero-order chi connectivity index (χ0) is 16.9. The maximum absolute atomic E-state index is 12.4. The molecule has 2 rings (SSSR count). The van der Waals surface area contributed by atoms with Crippen molar-refractivity contribution in [3.8, 4) is 17.6 Å². The van der Waals surface area contributed by atoms with E-state index in [9.17, 15) is 8.42 Å². The zero-order valence-electron chi connectivity index (χ0n) is 12.9. The number of nitriles is 1. The Morgan fingerprint density at radius 1 is 1.09 bits per heavy atom. The third-order valence-corrected chi connectivity index (χ3v) is 4.49. The monoisotopic (exact) mass is 331 g/mol. The van der Waals surface area contributed by atoms with Crippen LogP contribution in [0.15, 0.2) is 47.4 Å². The Balaban J connectivity index is 2.29. The summed E-state index contributed by atoms with van der Waals surface area (Å²) in [5.74, 6) is 0.236. The van der Waals surface area contributed by atoms with Crippen molar-refractivity contribution in [2.45, 2.75) is 24.7 Å². The Labute approximate surface area is 136 Å². The summed E-state index contributed by atoms with van der Waals surface area (Å²) in [7, 11) is -2.58. The summed E-state index contributed by atoms with van der Waals surface area (Å²) in [4.78, 5) is 0.0729. The minimum atomic E-state index is -3.96. The number of nitrogens with zero attached hydrogens (tertiary/aromatic N) is 1. The molecule has 0 aliphatic rings. The molecule has 0 unspecified atom stereocenters. The van der Waals surface area contributed by atoms with Gasteiger partial charge < -0.3 is 8.92 Å². The molecule has 0 atom stereocenters. The molecule has 0 aliphatic carbocycles. The summed E-state index contributed by atoms with van der Waals surface area (Å²) in [6.45, 7) is 2.06. The van der Waals surface area contributed by atoms with Gasteiger partial charge in [-0.3, -0.25) is 0 Å². The van der Waals surface area contributed by atoms with Crippen LogP contribution in [-0.4, -0.2) is 15.5 Å². The molecule has 0 amide bonds. The smallest absolute Gasteiger partial charge is 0.339 e. The molecule has 0 saturated heterocycles. The van der Waals surface area contributed by atoms with Gasteiger partial charge in [0.25, 0.3) is 0 Å². The second-order valence-electron chi connectivity index (χ2n) is 4.91. The summed E-state index contributed by atoms with van der Waals surface area (Å²) >= 11 is 0. The first-order valence-electron chi connectivity index (χ1n) is 7.11. The van der Waals surface area contributed by atoms with Gasteiger partial charge in [-0.05, 0) is 36.2 Å². The van der Waals surface area contributed by atoms with Crippen molar-refractivity contribution < 1.29 is 17.3 Å². The third-order valence-electron chi connectivity index (χ3n) is 3.24. The number of benzene rings is 2. The van der Waals surface area contributed by atoms with Crippen molar-refractivity contribution in [1.29, 1.82) is 5.26 Å². The van der Waals surface area contributed by atoms with Gasteiger partial charge in [0.05, 0.1) is 18.7 Å². The van der Waals surface area contributed by atoms with E-state index in [0.29, 0.717) is 5.56 Å². The number of hydrogen-bond acceptors (Lipinski definition) is 5. The first kappa shape index (κ1) is 16.8. The Kier molecular flexibility index (Phi) is 5.24. The molecule has 0 aromatic heterocycles. The number of hydrogen-bond donors (Lipinski definition) is 0. The first-order valence-corrected chi connectivity index (χ1v) is 8.52. The molecular formula is C17H17NO4S. The lowest BCUT2D eigenvalue weighted by Crippen LogP contribution is -2.10. The topological polar surface area (TPSA) is 76.4 Å². The van der Waals surface area contributed by atoms with Crippen molar-refractivity contribution in [2.75, 3.05) is 7.11 Å². The van der Waals surface area contributed by atoms with Crippen LogP contribution >= 0.6 is 0 Å². The lowest BCUT2D eigenvalue weighted by Gasteiger charge is -2.11. The highest BCUT2D eigenvalue weighted by Gasteiger charge is 2.19. The fraction of sp³-hybridized carbons (Fsp3) is 0.235. The van der Waals surface area contributed by atoms with Gasteiger partial charge in [0.2, 0.25) is 0 Å². The second-order valence-corrected chi connectivity index (χ2v) is 6.46. The SMILES string of the molecule is CCCc1ccc(S(=O)(=O)Oc2ccc(C#N)cc2OC)cc1. The molecule has 120 valence electrons. The number of ether oxygens (including phenoxy) is 1. The van der Waals surface area contributed by atoms with Gasteiger partial charge in [0.15, 0.2) is 11.5 Å². The highest BCUT2D eigenvalue weighted by atomic mass is 32.2. The van der Waals surface area contributed by atoms with Crippen molar-refractivity contribution in [3.63, 3.8) is 0 Å². The van der Waals surface area contributed by atoms with E-state index in [2.05, 4.69) is 6.92 Å². The Morgan fingerprint density at radius 2 is 1.78 bits per heavy atom. The fourth-order valence-corrected chi connectivity index (χ4v) is 3.02. The van der Waals surface area contributed by atoms with Crippen molar-refractivity contribution >= 4 is 10.1 Å². The summed E-state index contributed by atoms with van der Waals surface area (Å²) < 4.78 is 34.9. The molecule has 0 fully saturated rings. The van der Waals surface area contributed by atoms with Crippen LogP contribution in [0.5, 0.6) is 11.5 Å². The molecule has 0 spiro atoms. The predicted molar refractivity (Wildman–Crippen MR) is 86.0 cm³/mol. The van der Waals surface area contributed by atoms with E-state index in [1.807, 2.05) is 6.07 Å². The molecule has 0 N–H and O–H groups in total. The largest absolute Gasteiger partial charge is 0.493 e. The zero-order valence-corrected chi connectivity index (χ0v) is 13.8. The molecule has 2 aromatic carbocycles. The predicted octanol–water partition coefficient (Wildman–Crippen LogP) is 3.29. The molecular weight excluding hydrogens is 314 g/mol. The molecule has 0 bridgehead atoms. The highest BCUT2D eigenvalue weighted by molar-refractivity contribution is 7.87. The van der Waals surface area contributed by atoms with Gasteiger partial charge in [-0.1, -0.05) is 25.5 Å². The average molecular weight is 331 g/mol. The van der Waals surface area contributed by atoms with Crippen molar-refractivity contribution in [1.82, 2.24) is 0 Å². The standard InChI is InChI=1S/C17H17NO4S/c1-3-4-13-5-8-15(9-6-13)23(19,20)22-16-10-7-14(12-18)11-17(16)21-2/h5-11H,3-4H2,1-2H3. The summed E-state index contributed by atoms with van der Waals surface area (Å²) in [6.07, 6.45) is 1.88. The molecule has 0 saturated carbocycles. The van der Waals surface area contributed by atoms with E-state index >= 15 is 0 Å². The fourth-order valence-electron chi connectivity index (χ4n) is 2.08.